The van der Waals surface area contributed by atoms with Gasteiger partial charge in [-0.25, -0.2) is 0 Å². The van der Waals surface area contributed by atoms with Crippen LogP contribution in [0.15, 0.2) is 12.7 Å². The molecule has 0 unspecified atom stereocenters. The molecule has 6 heteroatoms. The molecule has 0 spiro atoms. The summed E-state index contributed by atoms with van der Waals surface area (Å²) in [5.74, 6) is 0.522. The van der Waals surface area contributed by atoms with E-state index in [-0.39, 0.29) is 0 Å². The fourth-order valence-electron chi connectivity index (χ4n) is 2.93. The summed E-state index contributed by atoms with van der Waals surface area (Å²) < 4.78 is 13.2. The fourth-order valence-corrected chi connectivity index (χ4v) is 2.93. The maximum absolute atomic E-state index is 5.56. The van der Waals surface area contributed by atoms with Crippen LogP contribution in [0.5, 0.6) is 0 Å². The summed E-state index contributed by atoms with van der Waals surface area (Å²) in [5, 5.41) is 7.77. The molecular weight excluding hydrogens is 244 g/mol. The van der Waals surface area contributed by atoms with Crippen molar-refractivity contribution in [2.24, 2.45) is 5.92 Å². The highest BCUT2D eigenvalue weighted by Crippen LogP contribution is 2.22. The van der Waals surface area contributed by atoms with Crippen molar-refractivity contribution in [3.8, 4) is 0 Å². The van der Waals surface area contributed by atoms with Gasteiger partial charge in [-0.3, -0.25) is 0 Å². The summed E-state index contributed by atoms with van der Waals surface area (Å²) in [6.07, 6.45) is 6.00. The Morgan fingerprint density at radius 2 is 1.63 bits per heavy atom. The first-order chi connectivity index (χ1) is 9.42. The lowest BCUT2D eigenvalue weighted by Gasteiger charge is -2.34. The molecule has 106 valence electrons. The largest absolute Gasteiger partial charge is 0.379 e. The van der Waals surface area contributed by atoms with E-state index >= 15 is 0 Å². The van der Waals surface area contributed by atoms with E-state index in [1.165, 1.54) is 12.8 Å². The third-order valence-electron chi connectivity index (χ3n) is 4.01. The van der Waals surface area contributed by atoms with E-state index in [1.54, 1.807) is 0 Å². The zero-order valence-corrected chi connectivity index (χ0v) is 11.3. The zero-order chi connectivity index (χ0) is 12.9. The molecule has 0 amide bonds. The van der Waals surface area contributed by atoms with E-state index in [2.05, 4.69) is 19.7 Å². The molecule has 0 N–H and O–H groups in total. The van der Waals surface area contributed by atoms with Gasteiger partial charge >= 0.3 is 0 Å². The maximum atomic E-state index is 5.56. The second-order valence-electron chi connectivity index (χ2n) is 5.46. The van der Waals surface area contributed by atoms with Gasteiger partial charge in [-0.1, -0.05) is 0 Å². The van der Waals surface area contributed by atoms with Gasteiger partial charge in [0, 0.05) is 31.6 Å². The zero-order valence-electron chi connectivity index (χ0n) is 11.3. The molecule has 0 radical (unpaired) electrons. The van der Waals surface area contributed by atoms with Crippen molar-refractivity contribution in [3.05, 3.63) is 12.7 Å². The number of aromatic nitrogens is 3. The van der Waals surface area contributed by atoms with Crippen LogP contribution in [-0.4, -0.2) is 65.7 Å². The van der Waals surface area contributed by atoms with Crippen molar-refractivity contribution in [2.45, 2.75) is 18.9 Å². The van der Waals surface area contributed by atoms with Crippen molar-refractivity contribution >= 4 is 0 Å². The van der Waals surface area contributed by atoms with Crippen LogP contribution >= 0.6 is 0 Å². The second kappa shape index (κ2) is 6.45. The Hall–Kier alpha value is -0.980. The molecule has 2 saturated heterocycles. The molecule has 2 aliphatic rings. The maximum Gasteiger partial charge on any atom is 0.119 e. The molecular formula is C13H22N4O2. The van der Waals surface area contributed by atoms with Crippen LogP contribution in [0, 0.1) is 5.92 Å². The molecule has 1 aromatic rings. The van der Waals surface area contributed by atoms with Crippen LogP contribution in [0.1, 0.15) is 18.9 Å². The number of hydrogen-bond acceptors (Lipinski definition) is 5. The molecule has 3 heterocycles. The summed E-state index contributed by atoms with van der Waals surface area (Å²) in [5.41, 5.74) is 0. The summed E-state index contributed by atoms with van der Waals surface area (Å²) in [6, 6.07) is 0.563. The highest BCUT2D eigenvalue weighted by atomic mass is 16.5. The number of hydrogen-bond donors (Lipinski definition) is 0. The lowest BCUT2D eigenvalue weighted by molar-refractivity contribution is 0.0887. The molecule has 2 fully saturated rings. The Kier molecular flexibility index (Phi) is 4.42. The average Bonchev–Trinajstić information content (AvgIpc) is 2.86. The second-order valence-corrected chi connectivity index (χ2v) is 5.46. The number of likely N-dealkylation sites (tertiary alicyclic amines) is 1. The van der Waals surface area contributed by atoms with Crippen molar-refractivity contribution < 1.29 is 9.47 Å². The van der Waals surface area contributed by atoms with Crippen LogP contribution < -0.4 is 0 Å². The Bertz CT molecular complexity index is 355. The first-order valence-corrected chi connectivity index (χ1v) is 7.14. The summed E-state index contributed by atoms with van der Waals surface area (Å²) in [7, 11) is 0. The fraction of sp³-hybridized carbons (Fsp3) is 0.846. The van der Waals surface area contributed by atoms with Crippen LogP contribution in [0.25, 0.3) is 0 Å². The van der Waals surface area contributed by atoms with Gasteiger partial charge in [-0.05, 0) is 12.8 Å². The van der Waals surface area contributed by atoms with Gasteiger partial charge < -0.3 is 18.9 Å². The third-order valence-corrected chi connectivity index (χ3v) is 4.01. The monoisotopic (exact) mass is 266 g/mol. The summed E-state index contributed by atoms with van der Waals surface area (Å²) in [4.78, 5) is 2.53. The van der Waals surface area contributed by atoms with Gasteiger partial charge in [0.25, 0.3) is 0 Å². The van der Waals surface area contributed by atoms with Crippen molar-refractivity contribution in [2.75, 3.05) is 46.1 Å². The third kappa shape index (κ3) is 3.52. The van der Waals surface area contributed by atoms with Crippen LogP contribution in [0.4, 0.5) is 0 Å². The van der Waals surface area contributed by atoms with Crippen molar-refractivity contribution in [1.82, 2.24) is 19.7 Å². The van der Waals surface area contributed by atoms with E-state index in [9.17, 15) is 0 Å². The molecule has 0 saturated carbocycles. The molecule has 19 heavy (non-hydrogen) atoms. The SMILES string of the molecule is c1nncn1C1CCN(CC2COCCOC2)CC1. The van der Waals surface area contributed by atoms with Gasteiger partial charge in [0.1, 0.15) is 12.7 Å². The van der Waals surface area contributed by atoms with Gasteiger partial charge in [0.15, 0.2) is 0 Å². The molecule has 1 aromatic heterocycles. The van der Waals surface area contributed by atoms with Gasteiger partial charge in [0.2, 0.25) is 0 Å². The van der Waals surface area contributed by atoms with Gasteiger partial charge in [-0.15, -0.1) is 10.2 Å². The molecule has 0 aliphatic carbocycles. The molecule has 3 rings (SSSR count). The Morgan fingerprint density at radius 3 is 2.26 bits per heavy atom. The highest BCUT2D eigenvalue weighted by Gasteiger charge is 2.23. The summed E-state index contributed by atoms with van der Waals surface area (Å²) >= 11 is 0. The average molecular weight is 266 g/mol. The van der Waals surface area contributed by atoms with E-state index in [4.69, 9.17) is 9.47 Å². The number of piperidine rings is 1. The van der Waals surface area contributed by atoms with E-state index < -0.39 is 0 Å². The predicted octanol–water partition coefficient (Wildman–Crippen LogP) is 0.578. The summed E-state index contributed by atoms with van der Waals surface area (Å²) in [6.45, 7) is 6.53. The number of rotatable bonds is 3. The van der Waals surface area contributed by atoms with Crippen molar-refractivity contribution in [3.63, 3.8) is 0 Å². The predicted molar refractivity (Wildman–Crippen MR) is 69.9 cm³/mol. The van der Waals surface area contributed by atoms with Crippen molar-refractivity contribution in [1.29, 1.82) is 0 Å². The quantitative estimate of drug-likeness (QED) is 0.801. The molecule has 6 nitrogen and oxygen atoms in total. The first-order valence-electron chi connectivity index (χ1n) is 7.14. The van der Waals surface area contributed by atoms with Gasteiger partial charge in [-0.2, -0.15) is 0 Å². The minimum Gasteiger partial charge on any atom is -0.379 e. The lowest BCUT2D eigenvalue weighted by Crippen LogP contribution is -2.39. The first kappa shape index (κ1) is 13.0. The van der Waals surface area contributed by atoms with Crippen LogP contribution in [0.2, 0.25) is 0 Å². The lowest BCUT2D eigenvalue weighted by atomic mass is 10.0. The smallest absolute Gasteiger partial charge is 0.119 e. The molecule has 0 atom stereocenters. The highest BCUT2D eigenvalue weighted by molar-refractivity contribution is 4.80. The van der Waals surface area contributed by atoms with E-state index in [0.717, 1.165) is 46.1 Å². The Balaban J connectivity index is 1.44. The minimum absolute atomic E-state index is 0.522. The number of ether oxygens (including phenoxy) is 2. The molecule has 0 bridgehead atoms. The topological polar surface area (TPSA) is 52.4 Å². The van der Waals surface area contributed by atoms with Gasteiger partial charge in [0.05, 0.1) is 26.4 Å². The molecule has 2 aliphatic heterocycles. The molecule has 0 aromatic carbocycles. The Morgan fingerprint density at radius 1 is 1.00 bits per heavy atom. The van der Waals surface area contributed by atoms with Crippen LogP contribution in [0.3, 0.4) is 0 Å². The van der Waals surface area contributed by atoms with E-state index in [0.29, 0.717) is 12.0 Å². The standard InChI is InChI=1S/C13H22N4O2/c1-3-16(7-12-8-18-5-6-19-9-12)4-2-13(1)17-10-14-15-11-17/h10-13H,1-9H2. The minimum atomic E-state index is 0.522. The number of nitrogens with zero attached hydrogens (tertiary/aromatic N) is 4. The normalized spacial score (nSPS) is 24.4. The van der Waals surface area contributed by atoms with Crippen LogP contribution in [-0.2, 0) is 9.47 Å². The Labute approximate surface area is 113 Å². The van der Waals surface area contributed by atoms with E-state index in [1.807, 2.05) is 12.7 Å².